The van der Waals surface area contributed by atoms with Crippen molar-refractivity contribution in [2.24, 2.45) is 0 Å². The Labute approximate surface area is 221 Å². The number of carbonyl (C=O) groups is 1. The lowest BCUT2D eigenvalue weighted by Gasteiger charge is -2.14. The first-order chi connectivity index (χ1) is 18.6. The van der Waals surface area contributed by atoms with Crippen molar-refractivity contribution in [3.8, 4) is 33.9 Å². The van der Waals surface area contributed by atoms with Crippen LogP contribution in [-0.2, 0) is 6.54 Å². The van der Waals surface area contributed by atoms with Crippen LogP contribution in [0.3, 0.4) is 0 Å². The smallest absolute Gasteiger partial charge is 0.272 e. The normalized spacial score (nSPS) is 13.5. The third kappa shape index (κ3) is 4.37. The molecule has 0 atom stereocenters. The van der Waals surface area contributed by atoms with Crippen molar-refractivity contribution in [1.29, 1.82) is 0 Å². The lowest BCUT2D eigenvalue weighted by Crippen LogP contribution is -2.28. The number of hydrogen-bond donors (Lipinski definition) is 3. The van der Waals surface area contributed by atoms with Gasteiger partial charge in [0.15, 0.2) is 5.82 Å². The Morgan fingerprint density at radius 1 is 1.03 bits per heavy atom. The molecule has 0 saturated carbocycles. The molecule has 2 aromatic carbocycles. The Morgan fingerprint density at radius 2 is 1.84 bits per heavy atom. The number of pyridine rings is 1. The zero-order valence-electron chi connectivity index (χ0n) is 21.7. The third-order valence-corrected chi connectivity index (χ3v) is 7.34. The van der Waals surface area contributed by atoms with Crippen LogP contribution in [0.25, 0.3) is 44.8 Å². The molecule has 1 aliphatic heterocycles. The van der Waals surface area contributed by atoms with Crippen molar-refractivity contribution in [1.82, 2.24) is 35.4 Å². The fourth-order valence-electron chi connectivity index (χ4n) is 5.18. The molecule has 3 N–H and O–H groups in total. The first kappa shape index (κ1) is 24.1. The molecule has 38 heavy (non-hydrogen) atoms. The van der Waals surface area contributed by atoms with Crippen LogP contribution >= 0.6 is 0 Å². The average molecular weight is 506 g/mol. The highest BCUT2D eigenvalue weighted by Crippen LogP contribution is 2.33. The minimum atomic E-state index is -0.0140. The Morgan fingerprint density at radius 3 is 2.63 bits per heavy atom. The number of benzene rings is 2. The molecule has 3 aromatic heterocycles. The molecule has 8 nitrogen and oxygen atoms in total. The van der Waals surface area contributed by atoms with Gasteiger partial charge in [-0.15, -0.1) is 0 Å². The minimum Gasteiger partial charge on any atom is -0.337 e. The van der Waals surface area contributed by atoms with Gasteiger partial charge in [-0.1, -0.05) is 43.3 Å². The van der Waals surface area contributed by atoms with Gasteiger partial charge in [-0.25, -0.2) is 4.98 Å². The highest BCUT2D eigenvalue weighted by molar-refractivity contribution is 6.01. The Balaban J connectivity index is 1.44. The van der Waals surface area contributed by atoms with E-state index < -0.39 is 0 Å². The summed E-state index contributed by atoms with van der Waals surface area (Å²) in [5.74, 6) is 0.561. The first-order valence-electron chi connectivity index (χ1n) is 13.2. The number of amides is 1. The highest BCUT2D eigenvalue weighted by Gasteiger charge is 2.27. The molecule has 4 heterocycles. The summed E-state index contributed by atoms with van der Waals surface area (Å²) in [5, 5.41) is 12.1. The van der Waals surface area contributed by atoms with Crippen molar-refractivity contribution in [2.75, 3.05) is 19.6 Å². The summed E-state index contributed by atoms with van der Waals surface area (Å²) in [5.41, 5.74) is 8.19. The van der Waals surface area contributed by atoms with E-state index in [0.717, 1.165) is 66.6 Å². The molecule has 6 rings (SSSR count). The molecule has 0 unspecified atom stereocenters. The molecule has 192 valence electrons. The Hall–Kier alpha value is -4.30. The maximum atomic E-state index is 13.5. The lowest BCUT2D eigenvalue weighted by atomic mass is 9.98. The van der Waals surface area contributed by atoms with E-state index in [0.29, 0.717) is 22.9 Å². The fourth-order valence-corrected chi connectivity index (χ4v) is 5.18. The molecule has 1 saturated heterocycles. The van der Waals surface area contributed by atoms with Crippen molar-refractivity contribution in [2.45, 2.75) is 33.2 Å². The maximum absolute atomic E-state index is 13.5. The second kappa shape index (κ2) is 10.2. The van der Waals surface area contributed by atoms with Crippen LogP contribution in [0.5, 0.6) is 0 Å². The predicted molar refractivity (Wildman–Crippen MR) is 150 cm³/mol. The molecular weight excluding hydrogens is 474 g/mol. The molecule has 5 aromatic rings. The number of carbonyl (C=O) groups excluding carboxylic acids is 1. The fraction of sp³-hybridized carbons (Fsp3) is 0.267. The van der Waals surface area contributed by atoms with Crippen LogP contribution < -0.4 is 5.32 Å². The Kier molecular flexibility index (Phi) is 6.47. The lowest BCUT2D eigenvalue weighted by molar-refractivity contribution is 0.0788. The number of imidazole rings is 1. The van der Waals surface area contributed by atoms with E-state index >= 15 is 0 Å². The van der Waals surface area contributed by atoms with Crippen LogP contribution in [0.2, 0.25) is 0 Å². The van der Waals surface area contributed by atoms with Crippen molar-refractivity contribution >= 4 is 16.8 Å². The molecule has 1 fully saturated rings. The third-order valence-electron chi connectivity index (χ3n) is 7.34. The number of nitrogens with one attached hydrogen (secondary N) is 3. The molecule has 0 radical (unpaired) electrons. The number of H-pyrrole nitrogens is 2. The first-order valence-corrected chi connectivity index (χ1v) is 13.2. The van der Waals surface area contributed by atoms with E-state index in [4.69, 9.17) is 4.98 Å². The second-order valence-electron chi connectivity index (χ2n) is 9.76. The number of rotatable bonds is 7. The van der Waals surface area contributed by atoms with Crippen LogP contribution in [0, 0.1) is 6.92 Å². The van der Waals surface area contributed by atoms with Gasteiger partial charge >= 0.3 is 0 Å². The van der Waals surface area contributed by atoms with Crippen molar-refractivity contribution in [3.05, 3.63) is 77.7 Å². The summed E-state index contributed by atoms with van der Waals surface area (Å²) in [7, 11) is 0. The van der Waals surface area contributed by atoms with Gasteiger partial charge in [-0.2, -0.15) is 5.10 Å². The number of fused-ring (bicyclic) bond motifs is 1. The van der Waals surface area contributed by atoms with Crippen LogP contribution in [0.1, 0.15) is 41.4 Å². The van der Waals surface area contributed by atoms with Gasteiger partial charge in [0.25, 0.3) is 5.91 Å². The largest absolute Gasteiger partial charge is 0.337 e. The quantitative estimate of drug-likeness (QED) is 0.277. The Bertz CT molecular complexity index is 1600. The summed E-state index contributed by atoms with van der Waals surface area (Å²) in [6.45, 7) is 7.48. The predicted octanol–water partition coefficient (Wildman–Crippen LogP) is 5.34. The summed E-state index contributed by atoms with van der Waals surface area (Å²) in [6.07, 6.45) is 5.91. The van der Waals surface area contributed by atoms with Gasteiger partial charge in [-0.3, -0.25) is 14.9 Å². The second-order valence-corrected chi connectivity index (χ2v) is 9.76. The van der Waals surface area contributed by atoms with E-state index in [1.807, 2.05) is 53.7 Å². The minimum absolute atomic E-state index is 0.0140. The topological polar surface area (TPSA) is 103 Å². The van der Waals surface area contributed by atoms with Crippen molar-refractivity contribution < 1.29 is 4.79 Å². The highest BCUT2D eigenvalue weighted by atomic mass is 16.2. The summed E-state index contributed by atoms with van der Waals surface area (Å²) < 4.78 is 0. The number of likely N-dealkylation sites (tertiary alicyclic amines) is 1. The average Bonchev–Trinajstić information content (AvgIpc) is 3.72. The zero-order valence-corrected chi connectivity index (χ0v) is 21.7. The van der Waals surface area contributed by atoms with Gasteiger partial charge in [0.1, 0.15) is 17.1 Å². The molecular formula is C30H31N7O. The summed E-state index contributed by atoms with van der Waals surface area (Å²) in [6, 6.07) is 16.1. The van der Waals surface area contributed by atoms with E-state index in [9.17, 15) is 4.79 Å². The number of aromatic nitrogens is 5. The SMILES string of the molecule is CCNCc1cncc(-c2ccc3[nH]nc(-c4nc(-c5ccccc5)c(C(=O)N5CCCC5)[nH]4)c3c2)c1C. The van der Waals surface area contributed by atoms with E-state index in [-0.39, 0.29) is 5.91 Å². The van der Waals surface area contributed by atoms with Gasteiger partial charge in [0.05, 0.1) is 5.52 Å². The number of hydrogen-bond acceptors (Lipinski definition) is 5. The van der Waals surface area contributed by atoms with Crippen LogP contribution in [0.15, 0.2) is 60.9 Å². The van der Waals surface area contributed by atoms with Crippen molar-refractivity contribution in [3.63, 3.8) is 0 Å². The molecule has 0 bridgehead atoms. The van der Waals surface area contributed by atoms with Gasteiger partial charge in [-0.05, 0) is 55.1 Å². The molecule has 0 spiro atoms. The summed E-state index contributed by atoms with van der Waals surface area (Å²) >= 11 is 0. The van der Waals surface area contributed by atoms with E-state index in [2.05, 4.69) is 51.5 Å². The van der Waals surface area contributed by atoms with Gasteiger partial charge < -0.3 is 15.2 Å². The van der Waals surface area contributed by atoms with E-state index in [1.54, 1.807) is 0 Å². The summed E-state index contributed by atoms with van der Waals surface area (Å²) in [4.78, 5) is 28.2. The maximum Gasteiger partial charge on any atom is 0.272 e. The van der Waals surface area contributed by atoms with Gasteiger partial charge in [0, 0.05) is 48.5 Å². The number of aromatic amines is 2. The van der Waals surface area contributed by atoms with Crippen LogP contribution in [-0.4, -0.2) is 55.6 Å². The van der Waals surface area contributed by atoms with Crippen LogP contribution in [0.4, 0.5) is 0 Å². The van der Waals surface area contributed by atoms with E-state index in [1.165, 1.54) is 11.1 Å². The monoisotopic (exact) mass is 505 g/mol. The molecule has 1 amide bonds. The number of nitrogens with zero attached hydrogens (tertiary/aromatic N) is 4. The molecule has 0 aliphatic carbocycles. The molecule has 8 heteroatoms. The van der Waals surface area contributed by atoms with Gasteiger partial charge in [0.2, 0.25) is 0 Å². The standard InChI is InChI=1S/C30H31N7O/c1-3-31-16-22-17-32-18-24(19(22)2)21-11-12-25-23(15-21)27(36-35-25)29-33-26(20-9-5-4-6-10-20)28(34-29)30(38)37-13-7-8-14-37/h4-6,9-12,15,17-18,31H,3,7-8,13-14,16H2,1-2H3,(H,33,34)(H,35,36). The zero-order chi connectivity index (χ0) is 26.1. The molecule has 1 aliphatic rings.